The first-order valence-corrected chi connectivity index (χ1v) is 14.3. The predicted octanol–water partition coefficient (Wildman–Crippen LogP) is 9.78. The minimum Gasteiger partial charge on any atom is -0.441 e. The van der Waals surface area contributed by atoms with Crippen LogP contribution in [0.25, 0.3) is 0 Å². The van der Waals surface area contributed by atoms with Crippen LogP contribution in [0.5, 0.6) is 0 Å². The van der Waals surface area contributed by atoms with Gasteiger partial charge in [-0.3, -0.25) is 0 Å². The Morgan fingerprint density at radius 2 is 0.973 bits per heavy atom. The van der Waals surface area contributed by atoms with Crippen molar-refractivity contribution < 1.29 is 9.53 Å². The van der Waals surface area contributed by atoms with Crippen LogP contribution < -0.4 is 0 Å². The van der Waals surface area contributed by atoms with Crippen LogP contribution in [-0.4, -0.2) is 5.97 Å². The van der Waals surface area contributed by atoms with Crippen molar-refractivity contribution in [2.75, 3.05) is 0 Å². The van der Waals surface area contributed by atoms with E-state index in [-0.39, 0.29) is 5.97 Å². The molecule has 0 unspecified atom stereocenters. The monoisotopic (exact) mass is 496 g/mol. The number of carbonyl (C=O) groups excluding carboxylic acids is 1. The lowest BCUT2D eigenvalue weighted by Crippen LogP contribution is -2.36. The molecule has 0 aromatic heterocycles. The highest BCUT2D eigenvalue weighted by Crippen LogP contribution is 2.41. The third kappa shape index (κ3) is 7.44. The molecule has 0 amide bonds. The van der Waals surface area contributed by atoms with Crippen LogP contribution >= 0.6 is 0 Å². The topological polar surface area (TPSA) is 26.3 Å². The lowest BCUT2D eigenvalue weighted by atomic mass is 9.80. The maximum atomic E-state index is 14.4. The molecule has 3 aromatic rings. The molecule has 2 nitrogen and oxygen atoms in total. The van der Waals surface area contributed by atoms with Crippen molar-refractivity contribution in [3.63, 3.8) is 0 Å². The van der Waals surface area contributed by atoms with Crippen LogP contribution in [0, 0.1) is 0 Å². The van der Waals surface area contributed by atoms with Gasteiger partial charge in [-0.05, 0) is 38.5 Å². The lowest BCUT2D eigenvalue weighted by molar-refractivity contribution is -0.149. The first-order valence-electron chi connectivity index (χ1n) is 14.3. The van der Waals surface area contributed by atoms with Gasteiger partial charge in [0.1, 0.15) is 0 Å². The zero-order valence-corrected chi connectivity index (χ0v) is 23.0. The van der Waals surface area contributed by atoms with Gasteiger partial charge in [-0.1, -0.05) is 143 Å². The molecule has 3 rings (SSSR count). The Morgan fingerprint density at radius 1 is 0.568 bits per heavy atom. The summed E-state index contributed by atoms with van der Waals surface area (Å²) in [4.78, 5) is 14.4. The molecular formula is C35H44O2. The Hall–Kier alpha value is -3.13. The molecule has 0 saturated heterocycles. The van der Waals surface area contributed by atoms with Gasteiger partial charge in [-0.15, -0.1) is 0 Å². The molecule has 0 saturated carbocycles. The summed E-state index contributed by atoms with van der Waals surface area (Å²) in [6, 6.07) is 30.6. The van der Waals surface area contributed by atoms with E-state index in [2.05, 4.69) is 57.2 Å². The van der Waals surface area contributed by atoms with E-state index in [4.69, 9.17) is 4.74 Å². The smallest absolute Gasteiger partial charge is 0.335 e. The maximum Gasteiger partial charge on any atom is 0.335 e. The number of carbonyl (C=O) groups is 1. The minimum absolute atomic E-state index is 0.171. The van der Waals surface area contributed by atoms with Gasteiger partial charge in [0.25, 0.3) is 0 Å². The molecule has 0 atom stereocenters. The van der Waals surface area contributed by atoms with Crippen molar-refractivity contribution >= 4 is 5.97 Å². The second-order valence-electron chi connectivity index (χ2n) is 9.92. The average molecular weight is 497 g/mol. The Labute approximate surface area is 224 Å². The molecule has 0 fully saturated rings. The molecule has 0 heterocycles. The van der Waals surface area contributed by atoms with Gasteiger partial charge >= 0.3 is 5.97 Å². The molecule has 0 radical (unpaired) electrons. The molecule has 0 spiro atoms. The number of hydrogen-bond acceptors (Lipinski definition) is 2. The van der Waals surface area contributed by atoms with E-state index in [0.717, 1.165) is 86.5 Å². The van der Waals surface area contributed by atoms with E-state index in [0.29, 0.717) is 0 Å². The Morgan fingerprint density at radius 3 is 1.35 bits per heavy atom. The highest BCUT2D eigenvalue weighted by Gasteiger charge is 2.41. The van der Waals surface area contributed by atoms with Crippen LogP contribution in [-0.2, 0) is 15.1 Å². The molecule has 196 valence electrons. The van der Waals surface area contributed by atoms with Crippen molar-refractivity contribution in [1.82, 2.24) is 0 Å². The van der Waals surface area contributed by atoms with Gasteiger partial charge in [0.2, 0.25) is 0 Å². The molecule has 0 aliphatic rings. The number of ether oxygens (including phenoxy) is 1. The minimum atomic E-state index is -1.03. The number of hydrogen-bond donors (Lipinski definition) is 0. The van der Waals surface area contributed by atoms with Gasteiger partial charge < -0.3 is 4.74 Å². The first kappa shape index (κ1) is 28.4. The Kier molecular flexibility index (Phi) is 11.7. The normalized spacial score (nSPS) is 11.2. The fourth-order valence-electron chi connectivity index (χ4n) is 5.08. The summed E-state index contributed by atoms with van der Waals surface area (Å²) >= 11 is 0. The quantitative estimate of drug-likeness (QED) is 0.0905. The number of unbranched alkanes of at least 4 members (excludes halogenated alkanes) is 4. The number of allylic oxidation sites excluding steroid dienone is 1. The zero-order valence-electron chi connectivity index (χ0n) is 23.0. The van der Waals surface area contributed by atoms with E-state index in [9.17, 15) is 4.79 Å². The van der Waals surface area contributed by atoms with E-state index >= 15 is 0 Å². The summed E-state index contributed by atoms with van der Waals surface area (Å²) in [6.07, 6.45) is 10.4. The molecule has 0 aliphatic heterocycles. The summed E-state index contributed by atoms with van der Waals surface area (Å²) in [6.45, 7) is 6.65. The van der Waals surface area contributed by atoms with Gasteiger partial charge in [-0.25, -0.2) is 4.79 Å². The zero-order chi connectivity index (χ0) is 26.3. The van der Waals surface area contributed by atoms with Gasteiger partial charge in [0, 0.05) is 22.3 Å². The van der Waals surface area contributed by atoms with Crippen LogP contribution in [0.4, 0.5) is 0 Å². The fourth-order valence-corrected chi connectivity index (χ4v) is 5.08. The number of esters is 1. The number of benzene rings is 3. The summed E-state index contributed by atoms with van der Waals surface area (Å²) < 4.78 is 6.83. The summed E-state index contributed by atoms with van der Waals surface area (Å²) in [5.41, 5.74) is 4.04. The van der Waals surface area contributed by atoms with Crippen molar-refractivity contribution in [2.45, 2.75) is 90.6 Å². The molecule has 0 N–H and O–H groups in total. The third-order valence-corrected chi connectivity index (χ3v) is 7.15. The number of rotatable bonds is 15. The highest BCUT2D eigenvalue weighted by molar-refractivity contribution is 5.90. The Balaban J connectivity index is 2.18. The summed E-state index contributed by atoms with van der Waals surface area (Å²) in [5, 5.41) is 0. The van der Waals surface area contributed by atoms with Gasteiger partial charge in [-0.2, -0.15) is 0 Å². The van der Waals surface area contributed by atoms with Gasteiger partial charge in [0.15, 0.2) is 5.60 Å². The Bertz CT molecular complexity index is 977. The van der Waals surface area contributed by atoms with E-state index in [1.54, 1.807) is 0 Å². The maximum absolute atomic E-state index is 14.4. The van der Waals surface area contributed by atoms with Crippen LogP contribution in [0.3, 0.4) is 0 Å². The SMILES string of the molecule is CCCCCC(C(=O)OC(c1ccccc1)(c1ccccc1)c1ccccc1)=C(CCCC)CCCC. The van der Waals surface area contributed by atoms with Gasteiger partial charge in [0.05, 0.1) is 0 Å². The van der Waals surface area contributed by atoms with Crippen LogP contribution in [0.2, 0.25) is 0 Å². The average Bonchev–Trinajstić information content (AvgIpc) is 2.96. The van der Waals surface area contributed by atoms with Crippen LogP contribution in [0.15, 0.2) is 102 Å². The van der Waals surface area contributed by atoms with Crippen molar-refractivity contribution in [2.24, 2.45) is 0 Å². The first-order chi connectivity index (χ1) is 18.2. The molecule has 0 bridgehead atoms. The fraction of sp³-hybridized carbons (Fsp3) is 0.400. The van der Waals surface area contributed by atoms with Crippen LogP contribution in [0.1, 0.15) is 102 Å². The lowest BCUT2D eigenvalue weighted by Gasteiger charge is -2.36. The summed E-state index contributed by atoms with van der Waals surface area (Å²) in [5.74, 6) is -0.171. The largest absolute Gasteiger partial charge is 0.441 e. The van der Waals surface area contributed by atoms with E-state index in [1.165, 1.54) is 5.57 Å². The van der Waals surface area contributed by atoms with Crippen molar-refractivity contribution in [3.05, 3.63) is 119 Å². The standard InChI is InChI=1S/C35H44O2/c1-4-7-13-28-33(29(20-8-5-2)21-9-6-3)34(36)37-35(30-22-14-10-15-23-30,31-24-16-11-17-25-31)32-26-18-12-19-27-32/h10-12,14-19,22-27H,4-9,13,20-21,28H2,1-3H3. The predicted molar refractivity (Wildman–Crippen MR) is 156 cm³/mol. The molecule has 2 heteroatoms. The van der Waals surface area contributed by atoms with Crippen molar-refractivity contribution in [1.29, 1.82) is 0 Å². The molecule has 37 heavy (non-hydrogen) atoms. The summed E-state index contributed by atoms with van der Waals surface area (Å²) in [7, 11) is 0. The molecule has 3 aromatic carbocycles. The second-order valence-corrected chi connectivity index (χ2v) is 9.92. The van der Waals surface area contributed by atoms with Crippen molar-refractivity contribution in [3.8, 4) is 0 Å². The van der Waals surface area contributed by atoms with E-state index in [1.807, 2.05) is 54.6 Å². The van der Waals surface area contributed by atoms with E-state index < -0.39 is 5.60 Å². The highest BCUT2D eigenvalue weighted by atomic mass is 16.6. The second kappa shape index (κ2) is 15.2. The third-order valence-electron chi connectivity index (χ3n) is 7.15. The molecule has 0 aliphatic carbocycles. The molecular weight excluding hydrogens is 452 g/mol.